The molecule has 0 aliphatic carbocycles. The second-order valence-electron chi connectivity index (χ2n) is 5.12. The maximum absolute atomic E-state index is 11.1. The summed E-state index contributed by atoms with van der Waals surface area (Å²) in [6.07, 6.45) is 0.0629. The minimum absolute atomic E-state index is 0.0308. The van der Waals surface area contributed by atoms with E-state index >= 15 is 0 Å². The van der Waals surface area contributed by atoms with Gasteiger partial charge in [-0.3, -0.25) is 4.79 Å². The molecule has 0 saturated carbocycles. The first-order valence-corrected chi connectivity index (χ1v) is 4.82. The van der Waals surface area contributed by atoms with Crippen LogP contribution in [0.1, 0.15) is 27.7 Å². The standard InChI is InChI=1S/C10H17NO4/c1-9(2,3)7-11(6-12)10(4,5-15-7)8(13)14/h6-7H,5H2,1-4H3,(H,13,14)/t7-,10+/m1/s1. The van der Waals surface area contributed by atoms with E-state index in [4.69, 9.17) is 9.84 Å². The van der Waals surface area contributed by atoms with Crippen molar-refractivity contribution in [2.75, 3.05) is 6.61 Å². The molecule has 1 aliphatic heterocycles. The number of carboxylic acid groups (broad SMARTS) is 1. The first kappa shape index (κ1) is 12.0. The number of hydrogen-bond acceptors (Lipinski definition) is 3. The number of carbonyl (C=O) groups excluding carboxylic acids is 1. The summed E-state index contributed by atoms with van der Waals surface area (Å²) in [4.78, 5) is 23.3. The first-order chi connectivity index (χ1) is 6.73. The van der Waals surface area contributed by atoms with Crippen molar-refractivity contribution in [1.82, 2.24) is 4.90 Å². The smallest absolute Gasteiger partial charge is 0.331 e. The normalized spacial score (nSPS) is 31.7. The predicted molar refractivity (Wildman–Crippen MR) is 53.1 cm³/mol. The summed E-state index contributed by atoms with van der Waals surface area (Å²) >= 11 is 0. The highest BCUT2D eigenvalue weighted by Gasteiger charge is 2.52. The lowest BCUT2D eigenvalue weighted by atomic mass is 9.92. The van der Waals surface area contributed by atoms with E-state index in [-0.39, 0.29) is 12.0 Å². The Kier molecular flexibility index (Phi) is 2.78. The molecule has 0 aromatic rings. The number of rotatable bonds is 2. The molecule has 1 rings (SSSR count). The number of carbonyl (C=O) groups is 2. The predicted octanol–water partition coefficient (Wildman–Crippen LogP) is 0.690. The molecule has 5 heteroatoms. The van der Waals surface area contributed by atoms with Gasteiger partial charge in [-0.05, 0) is 6.92 Å². The molecule has 1 heterocycles. The van der Waals surface area contributed by atoms with Crippen molar-refractivity contribution in [2.24, 2.45) is 5.41 Å². The van der Waals surface area contributed by atoms with Gasteiger partial charge < -0.3 is 14.7 Å². The lowest BCUT2D eigenvalue weighted by Crippen LogP contribution is -2.54. The minimum Gasteiger partial charge on any atom is -0.479 e. The quantitative estimate of drug-likeness (QED) is 0.688. The lowest BCUT2D eigenvalue weighted by Gasteiger charge is -2.35. The Bertz CT molecular complexity index is 284. The third-order valence-electron chi connectivity index (χ3n) is 2.66. The van der Waals surface area contributed by atoms with Gasteiger partial charge in [-0.25, -0.2) is 4.79 Å². The Labute approximate surface area is 89.0 Å². The number of amides is 1. The zero-order chi connectivity index (χ0) is 11.9. The van der Waals surface area contributed by atoms with Crippen molar-refractivity contribution in [3.63, 3.8) is 0 Å². The highest BCUT2D eigenvalue weighted by molar-refractivity contribution is 5.81. The van der Waals surface area contributed by atoms with E-state index in [0.717, 1.165) is 0 Å². The molecule has 0 bridgehead atoms. The molecule has 0 radical (unpaired) electrons. The zero-order valence-corrected chi connectivity index (χ0v) is 9.48. The summed E-state index contributed by atoms with van der Waals surface area (Å²) in [5, 5.41) is 9.08. The van der Waals surface area contributed by atoms with Crippen molar-refractivity contribution >= 4 is 12.4 Å². The van der Waals surface area contributed by atoms with Crippen molar-refractivity contribution in [3.8, 4) is 0 Å². The molecule has 1 aliphatic rings. The van der Waals surface area contributed by atoms with Crippen LogP contribution in [-0.4, -0.2) is 40.8 Å². The highest BCUT2D eigenvalue weighted by atomic mass is 16.5. The molecule has 2 atom stereocenters. The summed E-state index contributed by atoms with van der Waals surface area (Å²) in [5.41, 5.74) is -1.55. The molecule has 0 unspecified atom stereocenters. The molecule has 1 fully saturated rings. The molecule has 5 nitrogen and oxygen atoms in total. The molecule has 86 valence electrons. The average Bonchev–Trinajstić information content (AvgIpc) is 2.43. The Morgan fingerprint density at radius 2 is 2.13 bits per heavy atom. The van der Waals surface area contributed by atoms with Gasteiger partial charge >= 0.3 is 5.97 Å². The Morgan fingerprint density at radius 3 is 2.47 bits per heavy atom. The first-order valence-electron chi connectivity index (χ1n) is 4.82. The molecule has 1 saturated heterocycles. The highest BCUT2D eigenvalue weighted by Crippen LogP contribution is 2.35. The van der Waals surface area contributed by atoms with Crippen molar-refractivity contribution in [2.45, 2.75) is 39.5 Å². The van der Waals surface area contributed by atoms with Crippen molar-refractivity contribution < 1.29 is 19.4 Å². The lowest BCUT2D eigenvalue weighted by molar-refractivity contribution is -0.154. The van der Waals surface area contributed by atoms with Crippen LogP contribution >= 0.6 is 0 Å². The number of carboxylic acids is 1. The maximum atomic E-state index is 11.1. The van der Waals surface area contributed by atoms with Crippen LogP contribution in [0.4, 0.5) is 0 Å². The molecule has 0 spiro atoms. The van der Waals surface area contributed by atoms with Crippen LogP contribution in [0.5, 0.6) is 0 Å². The van der Waals surface area contributed by atoms with E-state index in [1.807, 2.05) is 20.8 Å². The summed E-state index contributed by atoms with van der Waals surface area (Å²) in [5.74, 6) is -1.04. The summed E-state index contributed by atoms with van der Waals surface area (Å²) in [6.45, 7) is 7.24. The fraction of sp³-hybridized carbons (Fsp3) is 0.800. The number of nitrogens with zero attached hydrogens (tertiary/aromatic N) is 1. The molecular weight excluding hydrogens is 198 g/mol. The van der Waals surface area contributed by atoms with Gasteiger partial charge in [-0.2, -0.15) is 0 Å². The van der Waals surface area contributed by atoms with E-state index in [0.29, 0.717) is 6.41 Å². The van der Waals surface area contributed by atoms with Gasteiger partial charge in [0.15, 0.2) is 5.54 Å². The van der Waals surface area contributed by atoms with E-state index in [9.17, 15) is 9.59 Å². The number of aliphatic carboxylic acids is 1. The summed E-state index contributed by atoms with van der Waals surface area (Å²) in [7, 11) is 0. The van der Waals surface area contributed by atoms with Gasteiger partial charge in [0.2, 0.25) is 6.41 Å². The molecule has 15 heavy (non-hydrogen) atoms. The van der Waals surface area contributed by atoms with Crippen LogP contribution in [0, 0.1) is 5.41 Å². The van der Waals surface area contributed by atoms with Crippen LogP contribution in [0.15, 0.2) is 0 Å². The Balaban J connectivity index is 3.02. The van der Waals surface area contributed by atoms with Gasteiger partial charge in [-0.15, -0.1) is 0 Å². The third-order valence-corrected chi connectivity index (χ3v) is 2.66. The molecule has 1 amide bonds. The topological polar surface area (TPSA) is 66.8 Å². The zero-order valence-electron chi connectivity index (χ0n) is 9.48. The third kappa shape index (κ3) is 1.84. The average molecular weight is 215 g/mol. The van der Waals surface area contributed by atoms with Gasteiger partial charge in [0, 0.05) is 5.41 Å². The van der Waals surface area contributed by atoms with Crippen LogP contribution in [-0.2, 0) is 14.3 Å². The molecule has 1 N–H and O–H groups in total. The van der Waals surface area contributed by atoms with Gasteiger partial charge in [0.1, 0.15) is 6.23 Å². The fourth-order valence-electron chi connectivity index (χ4n) is 1.67. The molecular formula is C10H17NO4. The van der Waals surface area contributed by atoms with Crippen LogP contribution < -0.4 is 0 Å². The molecule has 0 aromatic carbocycles. The minimum atomic E-state index is -1.25. The van der Waals surface area contributed by atoms with Crippen molar-refractivity contribution in [3.05, 3.63) is 0 Å². The maximum Gasteiger partial charge on any atom is 0.331 e. The van der Waals surface area contributed by atoms with Gasteiger partial charge in [-0.1, -0.05) is 20.8 Å². The Morgan fingerprint density at radius 1 is 1.60 bits per heavy atom. The second-order valence-corrected chi connectivity index (χ2v) is 5.12. The van der Waals surface area contributed by atoms with Crippen LogP contribution in [0.3, 0.4) is 0 Å². The Hall–Kier alpha value is -1.10. The summed E-state index contributed by atoms with van der Waals surface area (Å²) in [6, 6.07) is 0. The number of hydrogen-bond donors (Lipinski definition) is 1. The van der Waals surface area contributed by atoms with E-state index in [2.05, 4.69) is 0 Å². The monoisotopic (exact) mass is 215 g/mol. The van der Waals surface area contributed by atoms with Gasteiger partial charge in [0.25, 0.3) is 0 Å². The van der Waals surface area contributed by atoms with Crippen LogP contribution in [0.2, 0.25) is 0 Å². The van der Waals surface area contributed by atoms with E-state index in [1.54, 1.807) is 0 Å². The van der Waals surface area contributed by atoms with Crippen LogP contribution in [0.25, 0.3) is 0 Å². The van der Waals surface area contributed by atoms with E-state index in [1.165, 1.54) is 11.8 Å². The van der Waals surface area contributed by atoms with Crippen molar-refractivity contribution in [1.29, 1.82) is 0 Å². The van der Waals surface area contributed by atoms with Gasteiger partial charge in [0.05, 0.1) is 6.61 Å². The largest absolute Gasteiger partial charge is 0.479 e. The number of ether oxygens (including phenoxy) is 1. The second kappa shape index (κ2) is 3.48. The fourth-order valence-corrected chi connectivity index (χ4v) is 1.67. The summed E-state index contributed by atoms with van der Waals surface area (Å²) < 4.78 is 5.41. The van der Waals surface area contributed by atoms with E-state index < -0.39 is 17.7 Å². The molecule has 0 aromatic heterocycles. The SMILES string of the molecule is CC(C)(C)[C@H]1OC[C@@](C)(C(=O)O)N1C=O.